The van der Waals surface area contributed by atoms with Crippen molar-refractivity contribution in [3.63, 3.8) is 0 Å². The van der Waals surface area contributed by atoms with Crippen LogP contribution in [0.25, 0.3) is 11.3 Å². The molecule has 0 bridgehead atoms. The number of aromatic nitrogens is 1. The second-order valence-corrected chi connectivity index (χ2v) is 8.40. The molecule has 0 aliphatic heterocycles. The van der Waals surface area contributed by atoms with Crippen LogP contribution in [0.4, 0.5) is 10.8 Å². The van der Waals surface area contributed by atoms with Crippen molar-refractivity contribution in [2.45, 2.75) is 11.1 Å². The number of thiazole rings is 1. The summed E-state index contributed by atoms with van der Waals surface area (Å²) in [6, 6.07) is 7.70. The number of nitrogen functional groups attached to an aromatic ring is 1. The molecule has 0 fully saturated rings. The van der Waals surface area contributed by atoms with E-state index in [2.05, 4.69) is 10.3 Å². The zero-order chi connectivity index (χ0) is 17.3. The fourth-order valence-corrected chi connectivity index (χ4v) is 4.79. The van der Waals surface area contributed by atoms with E-state index < -0.39 is 0 Å². The number of anilines is 2. The first kappa shape index (κ1) is 20.1. The SMILES string of the molecule is CSc1sc(C(=N)N)cc1-c1csc(Nc2cccc(Cl)c2C)n1.Cl. The van der Waals surface area contributed by atoms with E-state index in [9.17, 15) is 0 Å². The summed E-state index contributed by atoms with van der Waals surface area (Å²) in [6.07, 6.45) is 2.01. The quantitative estimate of drug-likeness (QED) is 0.263. The van der Waals surface area contributed by atoms with Crippen molar-refractivity contribution < 1.29 is 0 Å². The molecule has 0 unspecified atom stereocenters. The largest absolute Gasteiger partial charge is 0.383 e. The molecule has 9 heteroatoms. The second-order valence-electron chi connectivity index (χ2n) is 5.00. The van der Waals surface area contributed by atoms with Gasteiger partial charge in [0.2, 0.25) is 0 Å². The van der Waals surface area contributed by atoms with Crippen molar-refractivity contribution in [1.29, 1.82) is 5.41 Å². The Balaban J connectivity index is 0.00000225. The molecule has 4 nitrogen and oxygen atoms in total. The highest BCUT2D eigenvalue weighted by atomic mass is 35.5. The minimum Gasteiger partial charge on any atom is -0.383 e. The summed E-state index contributed by atoms with van der Waals surface area (Å²) in [7, 11) is 0. The Bertz CT molecular complexity index is 905. The van der Waals surface area contributed by atoms with Gasteiger partial charge in [-0.3, -0.25) is 5.41 Å². The Morgan fingerprint density at radius 3 is 2.84 bits per heavy atom. The normalized spacial score (nSPS) is 10.4. The van der Waals surface area contributed by atoms with E-state index >= 15 is 0 Å². The van der Waals surface area contributed by atoms with Gasteiger partial charge in [-0.25, -0.2) is 4.98 Å². The summed E-state index contributed by atoms with van der Waals surface area (Å²) in [5.41, 5.74) is 9.45. The Kier molecular flexibility index (Phi) is 6.76. The third kappa shape index (κ3) is 4.30. The number of halogens is 2. The van der Waals surface area contributed by atoms with Gasteiger partial charge in [0.25, 0.3) is 0 Å². The number of thiophene rings is 1. The first-order valence-corrected chi connectivity index (χ1v) is 10.3. The lowest BCUT2D eigenvalue weighted by Gasteiger charge is -2.07. The van der Waals surface area contributed by atoms with E-state index in [-0.39, 0.29) is 18.2 Å². The summed E-state index contributed by atoms with van der Waals surface area (Å²) in [5, 5.41) is 14.5. The van der Waals surface area contributed by atoms with Crippen LogP contribution in [0.15, 0.2) is 33.9 Å². The summed E-state index contributed by atoms with van der Waals surface area (Å²) < 4.78 is 1.11. The molecule has 3 rings (SSSR count). The summed E-state index contributed by atoms with van der Waals surface area (Å²) >= 11 is 10.9. The number of benzene rings is 1. The van der Waals surface area contributed by atoms with Gasteiger partial charge in [0, 0.05) is 21.7 Å². The number of hydrogen-bond acceptors (Lipinski definition) is 6. The molecule has 0 atom stereocenters. The number of rotatable bonds is 5. The molecule has 3 aromatic rings. The summed E-state index contributed by atoms with van der Waals surface area (Å²) in [6.45, 7) is 1.98. The monoisotopic (exact) mass is 430 g/mol. The molecule has 0 aliphatic rings. The van der Waals surface area contributed by atoms with Crippen LogP contribution in [0.3, 0.4) is 0 Å². The number of hydrogen-bond donors (Lipinski definition) is 3. The molecular formula is C16H16Cl2N4S3. The molecular weight excluding hydrogens is 415 g/mol. The zero-order valence-electron chi connectivity index (χ0n) is 13.4. The van der Waals surface area contributed by atoms with E-state index in [1.807, 2.05) is 42.8 Å². The number of nitrogens with two attached hydrogens (primary N) is 1. The van der Waals surface area contributed by atoms with Crippen molar-refractivity contribution in [3.05, 3.63) is 45.1 Å². The molecule has 4 N–H and O–H groups in total. The van der Waals surface area contributed by atoms with Crippen LogP contribution in [0.1, 0.15) is 10.4 Å². The lowest BCUT2D eigenvalue weighted by atomic mass is 10.2. The van der Waals surface area contributed by atoms with Crippen LogP contribution in [-0.2, 0) is 0 Å². The van der Waals surface area contributed by atoms with Gasteiger partial charge in [0.1, 0.15) is 5.84 Å². The van der Waals surface area contributed by atoms with E-state index in [0.717, 1.165) is 41.7 Å². The minimum atomic E-state index is 0. The molecule has 0 radical (unpaired) electrons. The van der Waals surface area contributed by atoms with Crippen molar-refractivity contribution in [3.8, 4) is 11.3 Å². The molecule has 2 heterocycles. The lowest BCUT2D eigenvalue weighted by Crippen LogP contribution is -2.08. The Morgan fingerprint density at radius 2 is 2.16 bits per heavy atom. The van der Waals surface area contributed by atoms with Crippen LogP contribution in [-0.4, -0.2) is 17.1 Å². The van der Waals surface area contributed by atoms with E-state index in [1.54, 1.807) is 11.8 Å². The Hall–Kier alpha value is -1.25. The zero-order valence-corrected chi connectivity index (χ0v) is 17.4. The standard InChI is InChI=1S/C16H15ClN4S3.ClH/c1-8-10(17)4-3-5-11(8)20-16-21-12(7-23-16)9-6-13(14(18)19)24-15(9)22-2;/h3-7H,1-2H3,(H3,18,19)(H,20,21);1H. The lowest BCUT2D eigenvalue weighted by molar-refractivity contribution is 1.35. The van der Waals surface area contributed by atoms with Gasteiger partial charge in [-0.05, 0) is 36.9 Å². The van der Waals surface area contributed by atoms with Gasteiger partial charge < -0.3 is 11.1 Å². The van der Waals surface area contributed by atoms with Gasteiger partial charge in [-0.2, -0.15) is 0 Å². The van der Waals surface area contributed by atoms with Gasteiger partial charge in [-0.15, -0.1) is 46.8 Å². The van der Waals surface area contributed by atoms with Gasteiger partial charge in [0.15, 0.2) is 5.13 Å². The predicted molar refractivity (Wildman–Crippen MR) is 115 cm³/mol. The number of amidine groups is 1. The fourth-order valence-electron chi connectivity index (χ4n) is 2.15. The average molecular weight is 431 g/mol. The van der Waals surface area contributed by atoms with Gasteiger partial charge >= 0.3 is 0 Å². The first-order valence-electron chi connectivity index (χ1n) is 7.00. The second kappa shape index (κ2) is 8.42. The van der Waals surface area contributed by atoms with Crippen LogP contribution in [0.5, 0.6) is 0 Å². The van der Waals surface area contributed by atoms with Crippen LogP contribution in [0, 0.1) is 12.3 Å². The highest BCUT2D eigenvalue weighted by Crippen LogP contribution is 2.39. The maximum absolute atomic E-state index is 7.62. The molecule has 0 amide bonds. The Morgan fingerprint density at radius 1 is 1.40 bits per heavy atom. The van der Waals surface area contributed by atoms with Crippen molar-refractivity contribution in [2.75, 3.05) is 11.6 Å². The summed E-state index contributed by atoms with van der Waals surface area (Å²) in [4.78, 5) is 5.44. The summed E-state index contributed by atoms with van der Waals surface area (Å²) in [5.74, 6) is 0.0877. The Labute approximate surface area is 169 Å². The molecule has 0 aliphatic carbocycles. The third-order valence-corrected chi connectivity index (χ3v) is 6.91. The number of nitrogens with one attached hydrogen (secondary N) is 2. The topological polar surface area (TPSA) is 74.8 Å². The van der Waals surface area contributed by atoms with Gasteiger partial charge in [-0.1, -0.05) is 17.7 Å². The molecule has 0 spiro atoms. The number of nitrogens with zero attached hydrogens (tertiary/aromatic N) is 1. The maximum Gasteiger partial charge on any atom is 0.187 e. The van der Waals surface area contributed by atoms with Crippen molar-refractivity contribution in [2.24, 2.45) is 5.73 Å². The fraction of sp³-hybridized carbons (Fsp3) is 0.125. The van der Waals surface area contributed by atoms with Crippen LogP contribution >= 0.6 is 58.4 Å². The van der Waals surface area contributed by atoms with E-state index in [4.69, 9.17) is 22.7 Å². The van der Waals surface area contributed by atoms with E-state index in [1.165, 1.54) is 22.7 Å². The highest BCUT2D eigenvalue weighted by molar-refractivity contribution is 8.00. The highest BCUT2D eigenvalue weighted by Gasteiger charge is 2.15. The smallest absolute Gasteiger partial charge is 0.187 e. The van der Waals surface area contributed by atoms with Crippen LogP contribution in [0.2, 0.25) is 5.02 Å². The van der Waals surface area contributed by atoms with Crippen molar-refractivity contribution >= 4 is 75.1 Å². The molecule has 2 aromatic heterocycles. The molecule has 0 saturated carbocycles. The number of thioether (sulfide) groups is 1. The molecule has 1 aromatic carbocycles. The maximum atomic E-state index is 7.62. The van der Waals surface area contributed by atoms with E-state index in [0.29, 0.717) is 0 Å². The molecule has 25 heavy (non-hydrogen) atoms. The predicted octanol–water partition coefficient (Wildman–Crippen LogP) is 6.00. The molecule has 132 valence electrons. The minimum absolute atomic E-state index is 0. The average Bonchev–Trinajstić information content (AvgIpc) is 3.18. The van der Waals surface area contributed by atoms with Crippen LogP contribution < -0.4 is 11.1 Å². The third-order valence-electron chi connectivity index (χ3n) is 3.44. The van der Waals surface area contributed by atoms with Gasteiger partial charge in [0.05, 0.1) is 14.8 Å². The first-order chi connectivity index (χ1) is 11.5. The molecule has 0 saturated heterocycles. The van der Waals surface area contributed by atoms with Crippen molar-refractivity contribution in [1.82, 2.24) is 4.98 Å².